The Hall–Kier alpha value is -1.34. The van der Waals surface area contributed by atoms with Crippen molar-refractivity contribution in [1.82, 2.24) is 9.71 Å². The molecule has 0 bridgehead atoms. The van der Waals surface area contributed by atoms with E-state index in [1.807, 2.05) is 13.0 Å². The smallest absolute Gasteiger partial charge is 0.208 e. The fourth-order valence-corrected chi connectivity index (χ4v) is 1.93. The van der Waals surface area contributed by atoms with Gasteiger partial charge in [0.05, 0.1) is 25.2 Å². The molecule has 102 valence electrons. The summed E-state index contributed by atoms with van der Waals surface area (Å²) < 4.78 is 29.3. The molecule has 0 aliphatic carbocycles. The fourth-order valence-electron chi connectivity index (χ4n) is 1.42. The summed E-state index contributed by atoms with van der Waals surface area (Å²) in [6.45, 7) is 2.97. The van der Waals surface area contributed by atoms with Crippen LogP contribution in [0.1, 0.15) is 12.1 Å². The minimum Gasteiger partial charge on any atom is -0.493 e. The number of anilines is 1. The van der Waals surface area contributed by atoms with E-state index < -0.39 is 10.0 Å². The van der Waals surface area contributed by atoms with E-state index in [1.165, 1.54) is 0 Å². The lowest BCUT2D eigenvalue weighted by molar-refractivity contribution is 0.414. The van der Waals surface area contributed by atoms with Crippen molar-refractivity contribution in [2.75, 3.05) is 31.8 Å². The van der Waals surface area contributed by atoms with E-state index in [0.717, 1.165) is 17.6 Å². The van der Waals surface area contributed by atoms with Gasteiger partial charge in [-0.3, -0.25) is 4.98 Å². The maximum Gasteiger partial charge on any atom is 0.208 e. The number of hydrogen-bond donors (Lipinski definition) is 2. The number of methoxy groups -OCH3 is 1. The van der Waals surface area contributed by atoms with Crippen LogP contribution >= 0.6 is 0 Å². The Morgan fingerprint density at radius 1 is 1.39 bits per heavy atom. The van der Waals surface area contributed by atoms with Crippen LogP contribution < -0.4 is 14.8 Å². The summed E-state index contributed by atoms with van der Waals surface area (Å²) in [6, 6.07) is 1.89. The van der Waals surface area contributed by atoms with Crippen LogP contribution in [0.3, 0.4) is 0 Å². The number of ether oxygens (including phenoxy) is 1. The number of rotatable bonds is 7. The van der Waals surface area contributed by atoms with Gasteiger partial charge in [-0.2, -0.15) is 0 Å². The molecule has 0 saturated carbocycles. The van der Waals surface area contributed by atoms with E-state index in [4.69, 9.17) is 4.74 Å². The van der Waals surface area contributed by atoms with Crippen molar-refractivity contribution in [2.45, 2.75) is 13.3 Å². The molecule has 1 heterocycles. The summed E-state index contributed by atoms with van der Waals surface area (Å²) in [4.78, 5) is 4.13. The Bertz CT molecular complexity index is 488. The molecule has 0 unspecified atom stereocenters. The maximum absolute atomic E-state index is 10.8. The van der Waals surface area contributed by atoms with E-state index >= 15 is 0 Å². The molecule has 1 rings (SSSR count). The van der Waals surface area contributed by atoms with E-state index in [0.29, 0.717) is 25.3 Å². The molecule has 7 heteroatoms. The zero-order valence-corrected chi connectivity index (χ0v) is 11.7. The third-order valence-corrected chi connectivity index (χ3v) is 2.99. The van der Waals surface area contributed by atoms with Crippen LogP contribution in [0.2, 0.25) is 0 Å². The highest BCUT2D eigenvalue weighted by atomic mass is 32.2. The van der Waals surface area contributed by atoms with Crippen molar-refractivity contribution in [1.29, 1.82) is 0 Å². The highest BCUT2D eigenvalue weighted by Gasteiger charge is 2.03. The highest BCUT2D eigenvalue weighted by Crippen LogP contribution is 2.23. The molecule has 0 amide bonds. The Morgan fingerprint density at radius 3 is 2.72 bits per heavy atom. The normalized spacial score (nSPS) is 11.3. The van der Waals surface area contributed by atoms with Gasteiger partial charge in [0.25, 0.3) is 0 Å². The van der Waals surface area contributed by atoms with E-state index in [-0.39, 0.29) is 0 Å². The average Bonchev–Trinajstić information content (AvgIpc) is 2.27. The number of pyridine rings is 1. The molecule has 0 fully saturated rings. The van der Waals surface area contributed by atoms with Gasteiger partial charge in [0, 0.05) is 18.8 Å². The Labute approximate surface area is 108 Å². The number of hydrogen-bond acceptors (Lipinski definition) is 5. The van der Waals surface area contributed by atoms with Gasteiger partial charge in [-0.05, 0) is 19.4 Å². The molecule has 18 heavy (non-hydrogen) atoms. The molecule has 0 aliphatic rings. The second kappa shape index (κ2) is 6.55. The fraction of sp³-hybridized carbons (Fsp3) is 0.545. The average molecular weight is 273 g/mol. The summed E-state index contributed by atoms with van der Waals surface area (Å²) in [5, 5.41) is 3.19. The zero-order valence-electron chi connectivity index (χ0n) is 10.9. The summed E-state index contributed by atoms with van der Waals surface area (Å²) in [5.74, 6) is 0.677. The second-order valence-electron chi connectivity index (χ2n) is 3.97. The molecule has 1 aromatic heterocycles. The number of aryl methyl sites for hydroxylation is 1. The van der Waals surface area contributed by atoms with Gasteiger partial charge in [-0.25, -0.2) is 13.1 Å². The van der Waals surface area contributed by atoms with Crippen LogP contribution in [-0.4, -0.2) is 39.9 Å². The third kappa shape index (κ3) is 5.33. The molecule has 0 aromatic carbocycles. The molecule has 6 nitrogen and oxygen atoms in total. The Kier molecular flexibility index (Phi) is 5.36. The van der Waals surface area contributed by atoms with E-state index in [9.17, 15) is 8.42 Å². The third-order valence-electron chi connectivity index (χ3n) is 2.26. The Balaban J connectivity index is 2.41. The minimum absolute atomic E-state index is 0.415. The van der Waals surface area contributed by atoms with E-state index in [2.05, 4.69) is 15.0 Å². The monoisotopic (exact) mass is 273 g/mol. The maximum atomic E-state index is 10.8. The highest BCUT2D eigenvalue weighted by molar-refractivity contribution is 7.88. The first-order valence-corrected chi connectivity index (χ1v) is 7.50. The first-order valence-electron chi connectivity index (χ1n) is 5.61. The van der Waals surface area contributed by atoms with Gasteiger partial charge in [0.2, 0.25) is 10.0 Å². The molecule has 0 aliphatic heterocycles. The topological polar surface area (TPSA) is 80.3 Å². The molecular formula is C11H19N3O3S. The number of aromatic nitrogens is 1. The molecule has 2 N–H and O–H groups in total. The van der Waals surface area contributed by atoms with Crippen molar-refractivity contribution in [3.63, 3.8) is 0 Å². The zero-order chi connectivity index (χ0) is 13.6. The second-order valence-corrected chi connectivity index (χ2v) is 5.81. The van der Waals surface area contributed by atoms with Gasteiger partial charge in [0.1, 0.15) is 0 Å². The van der Waals surface area contributed by atoms with Gasteiger partial charge in [-0.1, -0.05) is 0 Å². The Morgan fingerprint density at radius 2 is 2.11 bits per heavy atom. The summed E-state index contributed by atoms with van der Waals surface area (Å²) in [6.07, 6.45) is 3.50. The van der Waals surface area contributed by atoms with Crippen LogP contribution in [-0.2, 0) is 10.0 Å². The van der Waals surface area contributed by atoms with Crippen molar-refractivity contribution in [2.24, 2.45) is 0 Å². The standard InChI is InChI=1S/C11H19N3O3S/c1-9-7-10(11(17-2)8-13-9)12-5-4-6-14-18(3,15)16/h7-8,14H,4-6H2,1-3H3,(H,12,13). The molecular weight excluding hydrogens is 254 g/mol. The summed E-state index contributed by atoms with van der Waals surface area (Å²) in [7, 11) is -1.52. The number of sulfonamides is 1. The van der Waals surface area contributed by atoms with Gasteiger partial charge >= 0.3 is 0 Å². The summed E-state index contributed by atoms with van der Waals surface area (Å²) >= 11 is 0. The van der Waals surface area contributed by atoms with Gasteiger partial charge in [-0.15, -0.1) is 0 Å². The largest absolute Gasteiger partial charge is 0.493 e. The lowest BCUT2D eigenvalue weighted by atomic mass is 10.3. The van der Waals surface area contributed by atoms with Crippen LogP contribution in [0.25, 0.3) is 0 Å². The van der Waals surface area contributed by atoms with Crippen molar-refractivity contribution >= 4 is 15.7 Å². The quantitative estimate of drug-likeness (QED) is 0.717. The van der Waals surface area contributed by atoms with Crippen LogP contribution in [0.4, 0.5) is 5.69 Å². The van der Waals surface area contributed by atoms with E-state index in [1.54, 1.807) is 13.3 Å². The van der Waals surface area contributed by atoms with Crippen LogP contribution in [0.15, 0.2) is 12.3 Å². The van der Waals surface area contributed by atoms with Gasteiger partial charge in [0.15, 0.2) is 5.75 Å². The minimum atomic E-state index is -3.10. The van der Waals surface area contributed by atoms with Crippen LogP contribution in [0, 0.1) is 6.92 Å². The van der Waals surface area contributed by atoms with Crippen molar-refractivity contribution in [3.8, 4) is 5.75 Å². The first kappa shape index (κ1) is 14.7. The molecule has 0 saturated heterocycles. The lowest BCUT2D eigenvalue weighted by Gasteiger charge is -2.11. The number of nitrogens with one attached hydrogen (secondary N) is 2. The van der Waals surface area contributed by atoms with Crippen molar-refractivity contribution < 1.29 is 13.2 Å². The molecule has 0 atom stereocenters. The SMILES string of the molecule is COc1cnc(C)cc1NCCCNS(C)(=O)=O. The number of nitrogens with zero attached hydrogens (tertiary/aromatic N) is 1. The predicted molar refractivity (Wildman–Crippen MR) is 71.5 cm³/mol. The molecule has 0 radical (unpaired) electrons. The van der Waals surface area contributed by atoms with Gasteiger partial charge < -0.3 is 10.1 Å². The summed E-state index contributed by atoms with van der Waals surface area (Å²) in [5.41, 5.74) is 1.76. The lowest BCUT2D eigenvalue weighted by Crippen LogP contribution is -2.24. The molecule has 0 spiro atoms. The first-order chi connectivity index (χ1) is 8.42. The predicted octanol–water partition coefficient (Wildman–Crippen LogP) is 0.750. The molecule has 1 aromatic rings. The van der Waals surface area contributed by atoms with Crippen LogP contribution in [0.5, 0.6) is 5.75 Å². The van der Waals surface area contributed by atoms with Crippen molar-refractivity contribution in [3.05, 3.63) is 18.0 Å².